The Labute approximate surface area is 95.7 Å². The Balaban J connectivity index is 2.56. The SMILES string of the molecule is C/C=C/COC(=O)c1ccc(OCC)cc1. The number of ether oxygens (including phenoxy) is 2. The summed E-state index contributed by atoms with van der Waals surface area (Å²) in [6.45, 7) is 4.72. The molecule has 0 aromatic heterocycles. The summed E-state index contributed by atoms with van der Waals surface area (Å²) in [6.07, 6.45) is 3.62. The molecule has 1 rings (SSSR count). The zero-order valence-electron chi connectivity index (χ0n) is 9.60. The number of carbonyl (C=O) groups is 1. The molecular formula is C13H16O3. The zero-order chi connectivity index (χ0) is 11.8. The first-order chi connectivity index (χ1) is 7.77. The maximum atomic E-state index is 11.5. The lowest BCUT2D eigenvalue weighted by Gasteiger charge is -2.04. The van der Waals surface area contributed by atoms with Crippen molar-refractivity contribution < 1.29 is 14.3 Å². The average molecular weight is 220 g/mol. The van der Waals surface area contributed by atoms with Gasteiger partial charge in [-0.2, -0.15) is 0 Å². The molecule has 0 aliphatic carbocycles. The molecule has 0 bridgehead atoms. The molecule has 0 aliphatic heterocycles. The second-order valence-corrected chi connectivity index (χ2v) is 3.12. The van der Waals surface area contributed by atoms with Crippen molar-refractivity contribution in [2.24, 2.45) is 0 Å². The lowest BCUT2D eigenvalue weighted by atomic mass is 10.2. The average Bonchev–Trinajstić information content (AvgIpc) is 2.30. The minimum absolute atomic E-state index is 0.308. The van der Waals surface area contributed by atoms with Crippen molar-refractivity contribution in [1.29, 1.82) is 0 Å². The van der Waals surface area contributed by atoms with E-state index in [9.17, 15) is 4.79 Å². The molecule has 0 aliphatic rings. The van der Waals surface area contributed by atoms with Gasteiger partial charge in [-0.05, 0) is 38.1 Å². The highest BCUT2D eigenvalue weighted by Crippen LogP contribution is 2.12. The Hall–Kier alpha value is -1.77. The minimum atomic E-state index is -0.318. The van der Waals surface area contributed by atoms with Crippen LogP contribution in [0.25, 0.3) is 0 Å². The second kappa shape index (κ2) is 6.67. The normalized spacial score (nSPS) is 10.4. The third-order valence-electron chi connectivity index (χ3n) is 1.95. The number of allylic oxidation sites excluding steroid dienone is 1. The van der Waals surface area contributed by atoms with Gasteiger partial charge in [0.25, 0.3) is 0 Å². The van der Waals surface area contributed by atoms with Crippen molar-refractivity contribution in [3.05, 3.63) is 42.0 Å². The molecule has 3 nitrogen and oxygen atoms in total. The molecule has 0 N–H and O–H groups in total. The fraction of sp³-hybridized carbons (Fsp3) is 0.308. The van der Waals surface area contributed by atoms with Gasteiger partial charge in [0, 0.05) is 0 Å². The van der Waals surface area contributed by atoms with E-state index in [1.54, 1.807) is 30.3 Å². The molecular weight excluding hydrogens is 204 g/mol. The molecule has 0 amide bonds. The molecule has 3 heteroatoms. The smallest absolute Gasteiger partial charge is 0.338 e. The first-order valence-electron chi connectivity index (χ1n) is 5.29. The highest BCUT2D eigenvalue weighted by atomic mass is 16.5. The highest BCUT2D eigenvalue weighted by molar-refractivity contribution is 5.89. The van der Waals surface area contributed by atoms with Gasteiger partial charge in [-0.3, -0.25) is 0 Å². The molecule has 0 spiro atoms. The fourth-order valence-corrected chi connectivity index (χ4v) is 1.16. The number of hydrogen-bond donors (Lipinski definition) is 0. The van der Waals surface area contributed by atoms with Crippen LogP contribution in [-0.4, -0.2) is 19.2 Å². The molecule has 0 heterocycles. The van der Waals surface area contributed by atoms with Crippen LogP contribution in [0.4, 0.5) is 0 Å². The molecule has 0 atom stereocenters. The Kier molecular flexibility index (Phi) is 5.12. The minimum Gasteiger partial charge on any atom is -0.494 e. The van der Waals surface area contributed by atoms with Crippen LogP contribution in [0.5, 0.6) is 5.75 Å². The summed E-state index contributed by atoms with van der Waals surface area (Å²) in [6, 6.07) is 6.91. The first-order valence-corrected chi connectivity index (χ1v) is 5.29. The summed E-state index contributed by atoms with van der Waals surface area (Å²) in [5.41, 5.74) is 0.535. The van der Waals surface area contributed by atoms with Gasteiger partial charge >= 0.3 is 5.97 Å². The molecule has 1 aromatic carbocycles. The van der Waals surface area contributed by atoms with Crippen molar-refractivity contribution >= 4 is 5.97 Å². The molecule has 16 heavy (non-hydrogen) atoms. The fourth-order valence-electron chi connectivity index (χ4n) is 1.16. The van der Waals surface area contributed by atoms with Crippen LogP contribution >= 0.6 is 0 Å². The van der Waals surface area contributed by atoms with Crippen molar-refractivity contribution in [3.8, 4) is 5.75 Å². The largest absolute Gasteiger partial charge is 0.494 e. The van der Waals surface area contributed by atoms with Gasteiger partial charge < -0.3 is 9.47 Å². The highest BCUT2D eigenvalue weighted by Gasteiger charge is 2.05. The maximum absolute atomic E-state index is 11.5. The summed E-state index contributed by atoms with van der Waals surface area (Å²) in [5.74, 6) is 0.439. The molecule has 86 valence electrons. The van der Waals surface area contributed by atoms with Crippen LogP contribution in [0.3, 0.4) is 0 Å². The van der Waals surface area contributed by atoms with Crippen LogP contribution in [0, 0.1) is 0 Å². The summed E-state index contributed by atoms with van der Waals surface area (Å²) >= 11 is 0. The van der Waals surface area contributed by atoms with E-state index in [1.807, 2.05) is 19.9 Å². The topological polar surface area (TPSA) is 35.5 Å². The summed E-state index contributed by atoms with van der Waals surface area (Å²) in [7, 11) is 0. The summed E-state index contributed by atoms with van der Waals surface area (Å²) < 4.78 is 10.3. The van der Waals surface area contributed by atoms with Gasteiger partial charge in [0.1, 0.15) is 12.4 Å². The van der Waals surface area contributed by atoms with Gasteiger partial charge in [0.05, 0.1) is 12.2 Å². The van der Waals surface area contributed by atoms with E-state index in [-0.39, 0.29) is 5.97 Å². The molecule has 0 radical (unpaired) electrons. The van der Waals surface area contributed by atoms with Crippen LogP contribution in [0.2, 0.25) is 0 Å². The van der Waals surface area contributed by atoms with Crippen LogP contribution in [0.1, 0.15) is 24.2 Å². The Morgan fingerprint density at radius 1 is 1.31 bits per heavy atom. The van der Waals surface area contributed by atoms with Gasteiger partial charge in [-0.15, -0.1) is 0 Å². The van der Waals surface area contributed by atoms with E-state index in [2.05, 4.69) is 0 Å². The van der Waals surface area contributed by atoms with E-state index >= 15 is 0 Å². The lowest BCUT2D eigenvalue weighted by Crippen LogP contribution is -2.05. The van der Waals surface area contributed by atoms with Gasteiger partial charge in [0.2, 0.25) is 0 Å². The second-order valence-electron chi connectivity index (χ2n) is 3.12. The van der Waals surface area contributed by atoms with E-state index < -0.39 is 0 Å². The molecule has 0 unspecified atom stereocenters. The van der Waals surface area contributed by atoms with Gasteiger partial charge in [-0.1, -0.05) is 12.2 Å². The lowest BCUT2D eigenvalue weighted by molar-refractivity contribution is 0.0549. The Bertz CT molecular complexity index is 352. The van der Waals surface area contributed by atoms with Crippen molar-refractivity contribution in [1.82, 2.24) is 0 Å². The van der Waals surface area contributed by atoms with Crippen molar-refractivity contribution in [2.75, 3.05) is 13.2 Å². The molecule has 0 saturated carbocycles. The van der Waals surface area contributed by atoms with Crippen molar-refractivity contribution in [2.45, 2.75) is 13.8 Å². The predicted molar refractivity (Wildman–Crippen MR) is 62.7 cm³/mol. The standard InChI is InChI=1S/C13H16O3/c1-3-5-10-16-13(14)11-6-8-12(9-7-11)15-4-2/h3,5-9H,4,10H2,1-2H3/b5-3+. The first kappa shape index (κ1) is 12.3. The van der Waals surface area contributed by atoms with E-state index in [0.717, 1.165) is 5.75 Å². The zero-order valence-corrected chi connectivity index (χ0v) is 9.60. The van der Waals surface area contributed by atoms with E-state index in [0.29, 0.717) is 18.8 Å². The maximum Gasteiger partial charge on any atom is 0.338 e. The molecule has 1 aromatic rings. The number of hydrogen-bond acceptors (Lipinski definition) is 3. The van der Waals surface area contributed by atoms with Crippen molar-refractivity contribution in [3.63, 3.8) is 0 Å². The molecule has 0 saturated heterocycles. The third kappa shape index (κ3) is 3.77. The van der Waals surface area contributed by atoms with Crippen LogP contribution in [0.15, 0.2) is 36.4 Å². The monoisotopic (exact) mass is 220 g/mol. The van der Waals surface area contributed by atoms with Crippen LogP contribution in [-0.2, 0) is 4.74 Å². The predicted octanol–water partition coefficient (Wildman–Crippen LogP) is 2.82. The number of rotatable bonds is 5. The van der Waals surface area contributed by atoms with E-state index in [4.69, 9.17) is 9.47 Å². The van der Waals surface area contributed by atoms with Gasteiger partial charge in [0.15, 0.2) is 0 Å². The van der Waals surface area contributed by atoms with Gasteiger partial charge in [-0.25, -0.2) is 4.79 Å². The summed E-state index contributed by atoms with van der Waals surface area (Å²) in [5, 5.41) is 0. The van der Waals surface area contributed by atoms with Crippen LogP contribution < -0.4 is 4.74 Å². The quantitative estimate of drug-likeness (QED) is 0.565. The Morgan fingerprint density at radius 2 is 2.00 bits per heavy atom. The number of carbonyl (C=O) groups excluding carboxylic acids is 1. The number of benzene rings is 1. The summed E-state index contributed by atoms with van der Waals surface area (Å²) in [4.78, 5) is 11.5. The number of esters is 1. The Morgan fingerprint density at radius 3 is 2.56 bits per heavy atom. The molecule has 0 fully saturated rings. The third-order valence-corrected chi connectivity index (χ3v) is 1.95. The van der Waals surface area contributed by atoms with E-state index in [1.165, 1.54) is 0 Å².